The fourth-order valence-electron chi connectivity index (χ4n) is 2.88. The summed E-state index contributed by atoms with van der Waals surface area (Å²) < 4.78 is 3.98. The monoisotopic (exact) mass is 324 g/mol. The summed E-state index contributed by atoms with van der Waals surface area (Å²) in [4.78, 5) is 10.2. The lowest BCUT2D eigenvalue weighted by Crippen LogP contribution is -2.15. The van der Waals surface area contributed by atoms with Crippen LogP contribution in [0.1, 0.15) is 35.5 Å². The van der Waals surface area contributed by atoms with E-state index >= 15 is 0 Å². The summed E-state index contributed by atoms with van der Waals surface area (Å²) in [6, 6.07) is 4.22. The Kier molecular flexibility index (Phi) is 3.63. The van der Waals surface area contributed by atoms with Crippen molar-refractivity contribution in [3.63, 3.8) is 0 Å². The lowest BCUT2D eigenvalue weighted by molar-refractivity contribution is 0.652. The molecule has 0 aromatic carbocycles. The molecule has 0 radical (unpaired) electrons. The number of rotatable bonds is 5. The van der Waals surface area contributed by atoms with Crippen LogP contribution < -0.4 is 0 Å². The fourth-order valence-corrected chi connectivity index (χ4v) is 3.71. The van der Waals surface area contributed by atoms with Gasteiger partial charge in [0.25, 0.3) is 0 Å². The smallest absolute Gasteiger partial charge is 0.166 e. The van der Waals surface area contributed by atoms with Crippen LogP contribution >= 0.6 is 11.3 Å². The predicted molar refractivity (Wildman–Crippen MR) is 88.6 cm³/mol. The lowest BCUT2D eigenvalue weighted by atomic mass is 10.0. The van der Waals surface area contributed by atoms with Gasteiger partial charge < -0.3 is 4.57 Å². The maximum absolute atomic E-state index is 4.75. The molecular formula is C16H16N6S. The molecule has 4 heterocycles. The van der Waals surface area contributed by atoms with Gasteiger partial charge in [-0.1, -0.05) is 19.4 Å². The molecule has 0 aliphatic heterocycles. The molecule has 4 rings (SSSR count). The largest absolute Gasteiger partial charge is 0.323 e. The Morgan fingerprint density at radius 3 is 2.96 bits per heavy atom. The van der Waals surface area contributed by atoms with Crippen molar-refractivity contribution < 1.29 is 0 Å². The Hall–Kier alpha value is -2.54. The molecule has 0 saturated heterocycles. The number of nitrogens with zero attached hydrogens (tertiary/aromatic N) is 6. The minimum atomic E-state index is 0.0146. The summed E-state index contributed by atoms with van der Waals surface area (Å²) in [5, 5.41) is 10.4. The number of aryl methyl sites for hydroxylation is 1. The molecular weight excluding hydrogens is 308 g/mol. The first-order chi connectivity index (χ1) is 11.4. The summed E-state index contributed by atoms with van der Waals surface area (Å²) in [7, 11) is 0. The van der Waals surface area contributed by atoms with Crippen LogP contribution in [-0.2, 0) is 6.42 Å². The highest BCUT2D eigenvalue weighted by Gasteiger charge is 2.23. The quantitative estimate of drug-likeness (QED) is 0.566. The van der Waals surface area contributed by atoms with E-state index in [1.807, 2.05) is 16.9 Å². The summed E-state index contributed by atoms with van der Waals surface area (Å²) in [5.74, 6) is 0. The molecule has 116 valence electrons. The van der Waals surface area contributed by atoms with Crippen molar-refractivity contribution >= 4 is 17.0 Å². The van der Waals surface area contributed by atoms with Gasteiger partial charge in [-0.05, 0) is 17.9 Å². The van der Waals surface area contributed by atoms with Crippen LogP contribution in [0.2, 0.25) is 0 Å². The molecule has 7 heteroatoms. The molecule has 23 heavy (non-hydrogen) atoms. The molecule has 4 aromatic rings. The maximum Gasteiger partial charge on any atom is 0.166 e. The van der Waals surface area contributed by atoms with Gasteiger partial charge in [0.15, 0.2) is 5.65 Å². The highest BCUT2D eigenvalue weighted by Crippen LogP contribution is 2.32. The Morgan fingerprint density at radius 2 is 2.22 bits per heavy atom. The molecule has 0 fully saturated rings. The number of fused-ring (bicyclic) bond motifs is 1. The molecule has 0 amide bonds. The molecule has 0 bridgehead atoms. The Morgan fingerprint density at radius 1 is 1.26 bits per heavy atom. The SMILES string of the molecule is CCCc1c(C(c2cccs2)n2ccnc2)ncn2cnnc12. The Balaban J connectivity index is 1.95. The normalized spacial score (nSPS) is 12.7. The van der Waals surface area contributed by atoms with E-state index in [0.717, 1.165) is 29.7 Å². The van der Waals surface area contributed by atoms with Gasteiger partial charge in [-0.2, -0.15) is 0 Å². The molecule has 1 unspecified atom stereocenters. The van der Waals surface area contributed by atoms with Crippen LogP contribution in [0.4, 0.5) is 0 Å². The lowest BCUT2D eigenvalue weighted by Gasteiger charge is -2.20. The topological polar surface area (TPSA) is 60.9 Å². The molecule has 0 spiro atoms. The predicted octanol–water partition coefficient (Wildman–Crippen LogP) is 2.97. The molecule has 6 nitrogen and oxygen atoms in total. The van der Waals surface area contributed by atoms with Gasteiger partial charge in [0, 0.05) is 22.8 Å². The molecule has 4 aromatic heterocycles. The third kappa shape index (κ3) is 2.43. The van der Waals surface area contributed by atoms with Crippen molar-refractivity contribution in [1.82, 2.24) is 29.1 Å². The highest BCUT2D eigenvalue weighted by molar-refractivity contribution is 7.10. The first-order valence-corrected chi connectivity index (χ1v) is 8.44. The number of thiophene rings is 1. The maximum atomic E-state index is 4.75. The van der Waals surface area contributed by atoms with Crippen molar-refractivity contribution in [3.8, 4) is 0 Å². The summed E-state index contributed by atoms with van der Waals surface area (Å²) >= 11 is 1.73. The highest BCUT2D eigenvalue weighted by atomic mass is 32.1. The number of aromatic nitrogens is 6. The van der Waals surface area contributed by atoms with Gasteiger partial charge in [0.1, 0.15) is 18.7 Å². The van der Waals surface area contributed by atoms with Crippen LogP contribution in [-0.4, -0.2) is 29.1 Å². The number of imidazole rings is 1. The summed E-state index contributed by atoms with van der Waals surface area (Å²) in [6.07, 6.45) is 11.1. The number of hydrogen-bond acceptors (Lipinski definition) is 5. The first kappa shape index (κ1) is 14.1. The van der Waals surface area contributed by atoms with E-state index < -0.39 is 0 Å². The standard InChI is InChI=1S/C16H16N6S/c1-2-4-12-14(18-10-22-11-19-20-16(12)22)15(13-5-3-8-23-13)21-7-6-17-9-21/h3,5-11,15H,2,4H2,1H3. The summed E-state index contributed by atoms with van der Waals surface area (Å²) in [5.41, 5.74) is 3.06. The molecule has 1 atom stereocenters. The van der Waals surface area contributed by atoms with Crippen LogP contribution in [0.3, 0.4) is 0 Å². The van der Waals surface area contributed by atoms with E-state index in [-0.39, 0.29) is 6.04 Å². The Bertz CT molecular complexity index is 860. The molecule has 0 saturated carbocycles. The van der Waals surface area contributed by atoms with Crippen LogP contribution in [0.5, 0.6) is 0 Å². The van der Waals surface area contributed by atoms with Crippen molar-refractivity contribution in [2.75, 3.05) is 0 Å². The molecule has 0 aliphatic rings. The second-order valence-corrected chi connectivity index (χ2v) is 6.33. The van der Waals surface area contributed by atoms with Crippen LogP contribution in [0.25, 0.3) is 5.65 Å². The minimum Gasteiger partial charge on any atom is -0.323 e. The van der Waals surface area contributed by atoms with E-state index in [9.17, 15) is 0 Å². The van der Waals surface area contributed by atoms with Gasteiger partial charge >= 0.3 is 0 Å². The minimum absolute atomic E-state index is 0.0146. The van der Waals surface area contributed by atoms with E-state index in [1.165, 1.54) is 4.88 Å². The van der Waals surface area contributed by atoms with E-state index in [0.29, 0.717) is 0 Å². The van der Waals surface area contributed by atoms with Crippen molar-refractivity contribution in [1.29, 1.82) is 0 Å². The van der Waals surface area contributed by atoms with E-state index in [2.05, 4.69) is 44.2 Å². The average molecular weight is 324 g/mol. The van der Waals surface area contributed by atoms with Crippen molar-refractivity contribution in [3.05, 3.63) is 65.0 Å². The van der Waals surface area contributed by atoms with Gasteiger partial charge in [-0.25, -0.2) is 9.97 Å². The zero-order valence-corrected chi connectivity index (χ0v) is 13.5. The fraction of sp³-hybridized carbons (Fsp3) is 0.250. The van der Waals surface area contributed by atoms with Gasteiger partial charge in [0.2, 0.25) is 0 Å². The Labute approximate surface area is 137 Å². The number of hydrogen-bond donors (Lipinski definition) is 0. The second-order valence-electron chi connectivity index (χ2n) is 5.35. The van der Waals surface area contributed by atoms with Crippen LogP contribution in [0, 0.1) is 0 Å². The molecule has 0 aliphatic carbocycles. The zero-order valence-electron chi connectivity index (χ0n) is 12.7. The van der Waals surface area contributed by atoms with Gasteiger partial charge in [-0.3, -0.25) is 4.40 Å². The van der Waals surface area contributed by atoms with Gasteiger partial charge in [0.05, 0.1) is 12.0 Å². The second kappa shape index (κ2) is 5.92. The first-order valence-electron chi connectivity index (χ1n) is 7.56. The zero-order chi connectivity index (χ0) is 15.6. The van der Waals surface area contributed by atoms with E-state index in [1.54, 1.807) is 30.2 Å². The van der Waals surface area contributed by atoms with Crippen molar-refractivity contribution in [2.45, 2.75) is 25.8 Å². The van der Waals surface area contributed by atoms with Crippen molar-refractivity contribution in [2.24, 2.45) is 0 Å². The van der Waals surface area contributed by atoms with Gasteiger partial charge in [-0.15, -0.1) is 21.5 Å². The average Bonchev–Trinajstić information content (AvgIpc) is 3.32. The van der Waals surface area contributed by atoms with E-state index in [4.69, 9.17) is 4.98 Å². The summed E-state index contributed by atoms with van der Waals surface area (Å²) in [6.45, 7) is 2.17. The third-order valence-electron chi connectivity index (χ3n) is 3.87. The third-order valence-corrected chi connectivity index (χ3v) is 4.79. The van der Waals surface area contributed by atoms with Crippen LogP contribution in [0.15, 0.2) is 48.9 Å². The molecule has 0 N–H and O–H groups in total.